The van der Waals surface area contributed by atoms with E-state index in [1.54, 1.807) is 91.0 Å². The number of alkyl halides is 1. The van der Waals surface area contributed by atoms with Gasteiger partial charge in [-0.3, -0.25) is 9.59 Å². The molecule has 0 spiro atoms. The summed E-state index contributed by atoms with van der Waals surface area (Å²) in [7, 11) is 2.68. The minimum atomic E-state index is -1.17. The Morgan fingerprint density at radius 1 is 0.554 bits per heavy atom. The van der Waals surface area contributed by atoms with Crippen molar-refractivity contribution in [1.29, 1.82) is 0 Å². The van der Waals surface area contributed by atoms with Crippen molar-refractivity contribution in [1.82, 2.24) is 30.6 Å². The number of carbonyl (C=O) groups is 4. The van der Waals surface area contributed by atoms with Crippen LogP contribution in [0.15, 0.2) is 178 Å². The van der Waals surface area contributed by atoms with Crippen molar-refractivity contribution in [2.75, 3.05) is 14.2 Å². The maximum absolute atomic E-state index is 12.2. The first-order chi connectivity index (χ1) is 36.8. The van der Waals surface area contributed by atoms with E-state index in [0.29, 0.717) is 48.6 Å². The summed E-state index contributed by atoms with van der Waals surface area (Å²) in [5.74, 6) is -0.494. The third-order valence-corrected chi connectivity index (χ3v) is 11.1. The Labute approximate surface area is 590 Å². The van der Waals surface area contributed by atoms with Crippen LogP contribution in [0, 0.1) is 0 Å². The average molecular weight is 1320 g/mol. The van der Waals surface area contributed by atoms with Gasteiger partial charge in [0, 0.05) is 26.2 Å². The van der Waals surface area contributed by atoms with Gasteiger partial charge in [0.1, 0.15) is 22.1 Å². The number of phenolic OH excluding ortho intramolecular Hbond substituents is 1. The number of methoxy groups -OCH3 is 2. The van der Waals surface area contributed by atoms with Crippen molar-refractivity contribution in [2.45, 2.75) is 54.2 Å². The number of hydrogen-bond acceptors (Lipinski definition) is 20. The van der Waals surface area contributed by atoms with Gasteiger partial charge in [-0.15, -0.1) is 30.6 Å². The Bertz CT molecular complexity index is 3210. The van der Waals surface area contributed by atoms with Gasteiger partial charge in [-0.25, -0.2) is 9.59 Å². The molecular weight excluding hydrogens is 1260 g/mol. The predicted molar refractivity (Wildman–Crippen MR) is 307 cm³/mol. The number of carboxylic acid groups (broad SMARTS) is 1. The monoisotopic (exact) mass is 1320 g/mol. The van der Waals surface area contributed by atoms with Gasteiger partial charge in [0.15, 0.2) is 0 Å². The summed E-state index contributed by atoms with van der Waals surface area (Å²) in [5, 5.41) is 50.8. The van der Waals surface area contributed by atoms with Crippen LogP contribution < -0.4 is 118 Å². The standard InChI is InChI=1S/C17H13ClN2O4.C16H11ClN2O4.C9H9BrO2.C8H5ClN2O2.CH2O3.5CH4.2K.H/c1-22-17(21)15(11-5-3-2-4-6-11)24-14-8-7-12(18)9-13(14)16-20-19-10-23-16;17-11-6-7-13(12(8-11)15-19-18-9-22-15)23-14(16(20)21)10-4-2-1-3-5-10;1-12-9(11)8(10)7-5-3-2-4-6-7;9-5-1-2-7(12)6(3-5)8-11-10-4-13-8;2-1-4-3;;;;;;;;/h2-10,15H,1H3;1-9,14H,(H,20,21);2-6,8H,1H3;1-4,12H;1,3H;5*1H4;;;/q;;;;;;;;;;2*+1;-1/p-1. The normalized spacial score (nSPS) is 10.3. The molecule has 3 aromatic heterocycles. The van der Waals surface area contributed by atoms with Crippen LogP contribution in [0.5, 0.6) is 17.2 Å². The fraction of sp³-hybridized carbons (Fsp3) is 0.179. The number of halogens is 4. The van der Waals surface area contributed by atoms with Crippen molar-refractivity contribution < 1.29 is 176 Å². The van der Waals surface area contributed by atoms with Crippen molar-refractivity contribution in [3.63, 3.8) is 0 Å². The molecule has 0 radical (unpaired) electrons. The van der Waals surface area contributed by atoms with E-state index >= 15 is 0 Å². The molecule has 3 unspecified atom stereocenters. The minimum Gasteiger partial charge on any atom is -1.00 e. The van der Waals surface area contributed by atoms with Gasteiger partial charge >= 0.3 is 121 Å². The molecule has 0 amide bonds. The van der Waals surface area contributed by atoms with Gasteiger partial charge in [-0.1, -0.05) is 179 Å². The molecular formula is C56H60BrCl3K2N6O15. The maximum Gasteiger partial charge on any atom is 1.00 e. The van der Waals surface area contributed by atoms with Gasteiger partial charge in [0.05, 0.1) is 30.9 Å². The van der Waals surface area contributed by atoms with E-state index in [1.165, 1.54) is 39.5 Å². The fourth-order valence-corrected chi connectivity index (χ4v) is 7.09. The SMILES string of the molecule is C.C.C.C.C.COC(=O)C(Br)c1ccccc1.COC(=O)C(Oc1ccc(Cl)cc1-c1nnco1)c1ccccc1.O=C(O)C(Oc1ccc(Cl)cc1-c1nnco1)c1ccccc1.O=CO[O-].Oc1ccc(Cl)cc1-c1nnco1.[H-].[K+].[K+]. The number of benzene rings is 6. The van der Waals surface area contributed by atoms with E-state index in [0.717, 1.165) is 5.56 Å². The molecule has 3 atom stereocenters. The van der Waals surface area contributed by atoms with Gasteiger partial charge in [0.25, 0.3) is 24.1 Å². The van der Waals surface area contributed by atoms with E-state index in [-0.39, 0.29) is 188 Å². The zero-order valence-electron chi connectivity index (χ0n) is 42.3. The van der Waals surface area contributed by atoms with Gasteiger partial charge < -0.3 is 54.0 Å². The Hall–Kier alpha value is -5.40. The van der Waals surface area contributed by atoms with Crippen LogP contribution in [0.25, 0.3) is 34.4 Å². The maximum atomic E-state index is 12.2. The summed E-state index contributed by atoms with van der Waals surface area (Å²) in [6, 6.07) is 41.4. The number of aromatic nitrogens is 6. The molecule has 0 fully saturated rings. The first-order valence-corrected chi connectivity index (χ1v) is 23.4. The van der Waals surface area contributed by atoms with Crippen molar-refractivity contribution in [2.24, 2.45) is 0 Å². The molecule has 6 aromatic carbocycles. The number of hydrogen-bond donors (Lipinski definition) is 2. The minimum absolute atomic E-state index is 0. The predicted octanol–water partition coefficient (Wildman–Crippen LogP) is 7.40. The van der Waals surface area contributed by atoms with Crippen LogP contribution in [0.2, 0.25) is 15.1 Å². The van der Waals surface area contributed by atoms with Crippen LogP contribution in [-0.4, -0.2) is 79.4 Å². The molecule has 9 rings (SSSR count). The Morgan fingerprint density at radius 2 is 0.892 bits per heavy atom. The van der Waals surface area contributed by atoms with Gasteiger partial charge in [-0.05, 0) is 60.2 Å². The molecule has 434 valence electrons. The van der Waals surface area contributed by atoms with E-state index in [2.05, 4.69) is 56.1 Å². The number of ether oxygens (including phenoxy) is 4. The first kappa shape index (κ1) is 81.8. The third-order valence-electron chi connectivity index (χ3n) is 9.49. The number of aromatic hydroxyl groups is 1. The quantitative estimate of drug-likeness (QED) is 0.0267. The molecule has 3 heterocycles. The summed E-state index contributed by atoms with van der Waals surface area (Å²) in [6.07, 6.45) is 1.47. The number of aliphatic carboxylic acids is 1. The van der Waals surface area contributed by atoms with Gasteiger partial charge in [0.2, 0.25) is 31.4 Å². The Balaban J connectivity index is -0.000000498. The zero-order valence-corrected chi connectivity index (χ0v) is 51.4. The average Bonchev–Trinajstić information content (AvgIpc) is 4.38. The summed E-state index contributed by atoms with van der Waals surface area (Å²) >= 11 is 21.0. The molecule has 0 bridgehead atoms. The van der Waals surface area contributed by atoms with Crippen molar-refractivity contribution in [3.8, 4) is 51.6 Å². The van der Waals surface area contributed by atoms with Gasteiger partial charge in [-0.2, -0.15) is 0 Å². The van der Waals surface area contributed by atoms with E-state index in [4.69, 9.17) is 72.3 Å². The molecule has 0 aliphatic rings. The molecule has 21 nitrogen and oxygen atoms in total. The molecule has 0 saturated carbocycles. The molecule has 2 N–H and O–H groups in total. The van der Waals surface area contributed by atoms with Crippen molar-refractivity contribution >= 4 is 75.1 Å². The van der Waals surface area contributed by atoms with Crippen molar-refractivity contribution in [3.05, 3.63) is 197 Å². The third kappa shape index (κ3) is 26.2. The van der Waals surface area contributed by atoms with Crippen LogP contribution in [-0.2, 0) is 33.5 Å². The summed E-state index contributed by atoms with van der Waals surface area (Å²) in [4.78, 5) is 45.7. The Morgan fingerprint density at radius 3 is 1.24 bits per heavy atom. The van der Waals surface area contributed by atoms with Crippen LogP contribution in [0.1, 0.15) is 72.3 Å². The second-order valence-corrected chi connectivity index (χ2v) is 16.6. The number of nitrogens with zero attached hydrogens (tertiary/aromatic N) is 6. The topological polar surface area (TPSA) is 295 Å². The fourth-order valence-electron chi connectivity index (χ4n) is 6.09. The molecule has 0 aliphatic heterocycles. The van der Waals surface area contributed by atoms with Crippen LogP contribution in [0.3, 0.4) is 0 Å². The first-order valence-electron chi connectivity index (χ1n) is 21.4. The molecule has 9 aromatic rings. The van der Waals surface area contributed by atoms with Crippen LogP contribution >= 0.6 is 50.7 Å². The zero-order chi connectivity index (χ0) is 54.8. The van der Waals surface area contributed by atoms with Crippen LogP contribution in [0.4, 0.5) is 0 Å². The van der Waals surface area contributed by atoms with E-state index in [1.807, 2.05) is 48.5 Å². The molecule has 83 heavy (non-hydrogen) atoms. The summed E-state index contributed by atoms with van der Waals surface area (Å²) in [6.45, 7) is -0.181. The second-order valence-electron chi connectivity index (χ2n) is 14.3. The number of rotatable bonds is 14. The molecule has 0 saturated heterocycles. The smallest absolute Gasteiger partial charge is 1.00 e. The summed E-state index contributed by atoms with van der Waals surface area (Å²) < 4.78 is 36.3. The van der Waals surface area contributed by atoms with E-state index in [9.17, 15) is 24.6 Å². The number of esters is 2. The molecule has 27 heteroatoms. The number of phenols is 1. The molecule has 0 aliphatic carbocycles. The number of carbonyl (C=O) groups excluding carboxylic acids is 3. The summed E-state index contributed by atoms with van der Waals surface area (Å²) in [5.41, 5.74) is 3.44. The number of carboxylic acids is 1. The largest absolute Gasteiger partial charge is 1.00 e. The second kappa shape index (κ2) is 44.1. The van der Waals surface area contributed by atoms with E-state index < -0.39 is 24.1 Å². The Kier molecular flexibility index (Phi) is 43.5.